The van der Waals surface area contributed by atoms with Gasteiger partial charge >= 0.3 is 0 Å². The SMILES string of the molecule is COc1cccc(CNCCN2CCOCC2)c1OCc1ccc(Cl)cc1Cl.Cl.Cl. The second-order valence-electron chi connectivity index (χ2n) is 6.60. The van der Waals surface area contributed by atoms with Gasteiger partial charge in [0.15, 0.2) is 11.5 Å². The molecule has 2 aromatic rings. The highest BCUT2D eigenvalue weighted by atomic mass is 35.5. The number of methoxy groups -OCH3 is 1. The van der Waals surface area contributed by atoms with Gasteiger partial charge in [0.2, 0.25) is 0 Å². The number of ether oxygens (including phenoxy) is 3. The summed E-state index contributed by atoms with van der Waals surface area (Å²) in [5.41, 5.74) is 1.93. The summed E-state index contributed by atoms with van der Waals surface area (Å²) in [4.78, 5) is 2.40. The zero-order chi connectivity index (χ0) is 19.8. The predicted octanol–water partition coefficient (Wildman–Crippen LogP) is 4.85. The molecule has 0 aromatic heterocycles. The van der Waals surface area contributed by atoms with Gasteiger partial charge in [-0.3, -0.25) is 4.90 Å². The first-order valence-electron chi connectivity index (χ1n) is 9.41. The summed E-state index contributed by atoms with van der Waals surface area (Å²) < 4.78 is 17.0. The first kappa shape index (κ1) is 27.1. The van der Waals surface area contributed by atoms with Crippen molar-refractivity contribution in [2.45, 2.75) is 13.2 Å². The third-order valence-corrected chi connectivity index (χ3v) is 5.28. The van der Waals surface area contributed by atoms with E-state index < -0.39 is 0 Å². The molecule has 0 aliphatic carbocycles. The van der Waals surface area contributed by atoms with Gasteiger partial charge < -0.3 is 19.5 Å². The molecule has 168 valence electrons. The van der Waals surface area contributed by atoms with E-state index in [9.17, 15) is 0 Å². The highest BCUT2D eigenvalue weighted by molar-refractivity contribution is 6.35. The van der Waals surface area contributed by atoms with Gasteiger partial charge in [0.25, 0.3) is 0 Å². The molecule has 0 unspecified atom stereocenters. The molecule has 1 aliphatic rings. The van der Waals surface area contributed by atoms with Crippen molar-refractivity contribution in [2.24, 2.45) is 0 Å². The molecule has 0 spiro atoms. The molecule has 5 nitrogen and oxygen atoms in total. The van der Waals surface area contributed by atoms with Crippen LogP contribution in [0, 0.1) is 0 Å². The highest BCUT2D eigenvalue weighted by Crippen LogP contribution is 2.32. The number of benzene rings is 2. The van der Waals surface area contributed by atoms with Crippen molar-refractivity contribution in [1.82, 2.24) is 10.2 Å². The Kier molecular flexibility index (Phi) is 12.8. The molecule has 1 N–H and O–H groups in total. The number of morpholine rings is 1. The molecule has 1 fully saturated rings. The third-order valence-electron chi connectivity index (χ3n) is 4.69. The van der Waals surface area contributed by atoms with E-state index in [0.29, 0.717) is 28.9 Å². The molecule has 9 heteroatoms. The zero-order valence-corrected chi connectivity index (χ0v) is 20.0. The molecule has 30 heavy (non-hydrogen) atoms. The van der Waals surface area contributed by atoms with Crippen LogP contribution in [0.15, 0.2) is 36.4 Å². The van der Waals surface area contributed by atoms with Crippen LogP contribution >= 0.6 is 48.0 Å². The Labute approximate surface area is 200 Å². The van der Waals surface area contributed by atoms with Crippen LogP contribution in [0.25, 0.3) is 0 Å². The molecule has 0 amide bonds. The van der Waals surface area contributed by atoms with E-state index in [0.717, 1.165) is 56.3 Å². The molecular weight excluding hydrogens is 470 g/mol. The number of rotatable bonds is 9. The monoisotopic (exact) mass is 496 g/mol. The van der Waals surface area contributed by atoms with Crippen molar-refractivity contribution in [1.29, 1.82) is 0 Å². The van der Waals surface area contributed by atoms with E-state index in [2.05, 4.69) is 10.2 Å². The van der Waals surface area contributed by atoms with E-state index in [1.807, 2.05) is 30.3 Å². The molecule has 0 bridgehead atoms. The maximum Gasteiger partial charge on any atom is 0.166 e. The van der Waals surface area contributed by atoms with Crippen LogP contribution in [-0.2, 0) is 17.9 Å². The summed E-state index contributed by atoms with van der Waals surface area (Å²) in [5.74, 6) is 1.44. The van der Waals surface area contributed by atoms with Crippen molar-refractivity contribution in [3.05, 3.63) is 57.6 Å². The first-order chi connectivity index (χ1) is 13.7. The lowest BCUT2D eigenvalue weighted by Crippen LogP contribution is -2.40. The first-order valence-corrected chi connectivity index (χ1v) is 10.2. The number of hydrogen-bond donors (Lipinski definition) is 1. The van der Waals surface area contributed by atoms with Gasteiger partial charge in [-0.05, 0) is 18.2 Å². The Hall–Kier alpha value is -0.920. The van der Waals surface area contributed by atoms with E-state index in [1.165, 1.54) is 0 Å². The number of nitrogens with one attached hydrogen (secondary N) is 1. The largest absolute Gasteiger partial charge is 0.493 e. The molecule has 1 aliphatic heterocycles. The summed E-state index contributed by atoms with van der Waals surface area (Å²) in [6.45, 7) is 6.59. The van der Waals surface area contributed by atoms with Gasteiger partial charge in [-0.2, -0.15) is 0 Å². The topological polar surface area (TPSA) is 43.0 Å². The summed E-state index contributed by atoms with van der Waals surface area (Å²) in [6, 6.07) is 11.3. The Morgan fingerprint density at radius 2 is 1.83 bits per heavy atom. The minimum atomic E-state index is 0. The number of para-hydroxylation sites is 1. The van der Waals surface area contributed by atoms with Gasteiger partial charge in [-0.1, -0.05) is 41.4 Å². The lowest BCUT2D eigenvalue weighted by atomic mass is 10.1. The standard InChI is InChI=1S/C21H26Cl2N2O3.2ClH/c1-26-20-4-2-3-16(14-24-7-8-25-9-11-27-12-10-25)21(20)28-15-17-5-6-18(22)13-19(17)23;;/h2-6,13,24H,7-12,14-15H2,1H3;2*1H. The van der Waals surface area contributed by atoms with Crippen LogP contribution in [0.5, 0.6) is 11.5 Å². The summed E-state index contributed by atoms with van der Waals surface area (Å²) >= 11 is 12.2. The van der Waals surface area contributed by atoms with Crippen molar-refractivity contribution < 1.29 is 14.2 Å². The van der Waals surface area contributed by atoms with E-state index in [1.54, 1.807) is 13.2 Å². The fraction of sp³-hybridized carbons (Fsp3) is 0.429. The van der Waals surface area contributed by atoms with Crippen molar-refractivity contribution in [3.63, 3.8) is 0 Å². The molecular formula is C21H28Cl4N2O3. The van der Waals surface area contributed by atoms with Gasteiger partial charge in [0.05, 0.1) is 20.3 Å². The Morgan fingerprint density at radius 3 is 2.53 bits per heavy atom. The zero-order valence-electron chi connectivity index (χ0n) is 16.9. The van der Waals surface area contributed by atoms with E-state index in [-0.39, 0.29) is 24.8 Å². The number of halogens is 4. The second kappa shape index (κ2) is 14.2. The molecule has 0 saturated carbocycles. The van der Waals surface area contributed by atoms with Crippen molar-refractivity contribution in [3.8, 4) is 11.5 Å². The van der Waals surface area contributed by atoms with Crippen molar-refractivity contribution in [2.75, 3.05) is 46.5 Å². The number of nitrogens with zero attached hydrogens (tertiary/aromatic N) is 1. The lowest BCUT2D eigenvalue weighted by molar-refractivity contribution is 0.0384. The van der Waals surface area contributed by atoms with Crippen LogP contribution in [0.3, 0.4) is 0 Å². The summed E-state index contributed by atoms with van der Waals surface area (Å²) in [6.07, 6.45) is 0. The van der Waals surface area contributed by atoms with Gasteiger partial charge in [-0.25, -0.2) is 0 Å². The van der Waals surface area contributed by atoms with Gasteiger partial charge in [0, 0.05) is 53.9 Å². The maximum absolute atomic E-state index is 6.26. The fourth-order valence-corrected chi connectivity index (χ4v) is 3.56. The van der Waals surface area contributed by atoms with E-state index >= 15 is 0 Å². The summed E-state index contributed by atoms with van der Waals surface area (Å²) in [5, 5.41) is 4.69. The van der Waals surface area contributed by atoms with Crippen molar-refractivity contribution >= 4 is 48.0 Å². The third kappa shape index (κ3) is 7.97. The van der Waals surface area contributed by atoms with Crippen LogP contribution < -0.4 is 14.8 Å². The van der Waals surface area contributed by atoms with Crippen LogP contribution in [0.4, 0.5) is 0 Å². The van der Waals surface area contributed by atoms with Crippen LogP contribution in [-0.4, -0.2) is 51.4 Å². The fourth-order valence-electron chi connectivity index (χ4n) is 3.10. The highest BCUT2D eigenvalue weighted by Gasteiger charge is 2.13. The van der Waals surface area contributed by atoms with Gasteiger partial charge in [0.1, 0.15) is 6.61 Å². The molecule has 1 heterocycles. The molecule has 0 radical (unpaired) electrons. The molecule has 0 atom stereocenters. The average Bonchev–Trinajstić information content (AvgIpc) is 2.71. The Morgan fingerprint density at radius 1 is 1.07 bits per heavy atom. The predicted molar refractivity (Wildman–Crippen MR) is 127 cm³/mol. The Balaban J connectivity index is 0.00000225. The minimum Gasteiger partial charge on any atom is -0.493 e. The van der Waals surface area contributed by atoms with Crippen LogP contribution in [0.2, 0.25) is 10.0 Å². The Bertz CT molecular complexity index is 774. The number of hydrogen-bond acceptors (Lipinski definition) is 5. The smallest absolute Gasteiger partial charge is 0.166 e. The quantitative estimate of drug-likeness (QED) is 0.502. The van der Waals surface area contributed by atoms with E-state index in [4.69, 9.17) is 37.4 Å². The summed E-state index contributed by atoms with van der Waals surface area (Å²) in [7, 11) is 1.65. The molecule has 3 rings (SSSR count). The molecule has 1 saturated heterocycles. The second-order valence-corrected chi connectivity index (χ2v) is 7.45. The maximum atomic E-state index is 6.26. The van der Waals surface area contributed by atoms with Crippen LogP contribution in [0.1, 0.15) is 11.1 Å². The lowest BCUT2D eigenvalue weighted by Gasteiger charge is -2.26. The normalized spacial score (nSPS) is 13.8. The molecule has 2 aromatic carbocycles. The van der Waals surface area contributed by atoms with Gasteiger partial charge in [-0.15, -0.1) is 24.8 Å². The minimum absolute atomic E-state index is 0. The average molecular weight is 498 g/mol.